The van der Waals surface area contributed by atoms with E-state index in [0.717, 1.165) is 18.9 Å². The Morgan fingerprint density at radius 3 is 2.33 bits per heavy atom. The summed E-state index contributed by atoms with van der Waals surface area (Å²) in [6.07, 6.45) is 12.7. The summed E-state index contributed by atoms with van der Waals surface area (Å²) in [5.74, 6) is 0.869. The molecule has 0 heterocycles. The van der Waals surface area contributed by atoms with E-state index in [9.17, 15) is 0 Å². The van der Waals surface area contributed by atoms with Gasteiger partial charge in [-0.05, 0) is 30.8 Å². The number of rotatable bonds is 2. The first-order chi connectivity index (χ1) is 7.31. The maximum absolute atomic E-state index is 5.59. The number of nitrogens with two attached hydrogens (primary N) is 1. The van der Waals surface area contributed by atoms with Gasteiger partial charge >= 0.3 is 0 Å². The van der Waals surface area contributed by atoms with Crippen molar-refractivity contribution in [3.63, 3.8) is 0 Å². The van der Waals surface area contributed by atoms with Gasteiger partial charge in [0.25, 0.3) is 0 Å². The SMILES string of the molecule is CCC.NCC1=CC(C2CCCC2)=CC1. The topological polar surface area (TPSA) is 26.0 Å². The van der Waals surface area contributed by atoms with E-state index in [-0.39, 0.29) is 0 Å². The zero-order valence-corrected chi connectivity index (χ0v) is 10.3. The van der Waals surface area contributed by atoms with Gasteiger partial charge in [0.05, 0.1) is 0 Å². The van der Waals surface area contributed by atoms with Crippen LogP contribution in [0.2, 0.25) is 0 Å². The summed E-state index contributed by atoms with van der Waals surface area (Å²) in [7, 11) is 0. The van der Waals surface area contributed by atoms with Gasteiger partial charge in [-0.25, -0.2) is 0 Å². The highest BCUT2D eigenvalue weighted by Crippen LogP contribution is 2.35. The molecule has 0 amide bonds. The molecular formula is C14H25N. The number of allylic oxidation sites excluding steroid dienone is 3. The summed E-state index contributed by atoms with van der Waals surface area (Å²) in [6, 6.07) is 0. The first kappa shape index (κ1) is 12.5. The molecule has 2 N–H and O–H groups in total. The van der Waals surface area contributed by atoms with Crippen LogP contribution in [0.4, 0.5) is 0 Å². The molecule has 1 fully saturated rings. The van der Waals surface area contributed by atoms with Gasteiger partial charge in [-0.15, -0.1) is 0 Å². The lowest BCUT2D eigenvalue weighted by molar-refractivity contribution is 0.658. The van der Waals surface area contributed by atoms with E-state index in [1.54, 1.807) is 5.57 Å². The Hall–Kier alpha value is -0.560. The van der Waals surface area contributed by atoms with Crippen molar-refractivity contribution in [1.82, 2.24) is 0 Å². The van der Waals surface area contributed by atoms with Crippen LogP contribution >= 0.6 is 0 Å². The largest absolute Gasteiger partial charge is 0.327 e. The minimum atomic E-state index is 0.743. The molecule has 0 aromatic carbocycles. The molecule has 2 aliphatic rings. The van der Waals surface area contributed by atoms with Crippen LogP contribution in [0.3, 0.4) is 0 Å². The normalized spacial score (nSPS) is 20.7. The van der Waals surface area contributed by atoms with E-state index >= 15 is 0 Å². The van der Waals surface area contributed by atoms with E-state index in [4.69, 9.17) is 5.73 Å². The van der Waals surface area contributed by atoms with E-state index in [1.807, 2.05) is 0 Å². The monoisotopic (exact) mass is 207 g/mol. The smallest absolute Gasteiger partial charge is 0.0143 e. The standard InChI is InChI=1S/C11H17N.C3H8/c12-8-9-5-6-11(7-9)10-3-1-2-4-10;1-3-2/h6-7,10H,1-5,8,12H2;3H2,1-2H3. The van der Waals surface area contributed by atoms with Crippen LogP contribution in [0.5, 0.6) is 0 Å². The van der Waals surface area contributed by atoms with Crippen LogP contribution in [0.1, 0.15) is 52.4 Å². The fraction of sp³-hybridized carbons (Fsp3) is 0.714. The molecule has 0 aliphatic heterocycles. The first-order valence-corrected chi connectivity index (χ1v) is 6.41. The molecule has 0 atom stereocenters. The predicted molar refractivity (Wildman–Crippen MR) is 67.8 cm³/mol. The van der Waals surface area contributed by atoms with Gasteiger partial charge in [-0.2, -0.15) is 0 Å². The second-order valence-corrected chi connectivity index (χ2v) is 4.60. The minimum Gasteiger partial charge on any atom is -0.327 e. The molecule has 1 nitrogen and oxygen atoms in total. The summed E-state index contributed by atoms with van der Waals surface area (Å²) < 4.78 is 0. The van der Waals surface area contributed by atoms with E-state index in [2.05, 4.69) is 26.0 Å². The van der Waals surface area contributed by atoms with Crippen molar-refractivity contribution < 1.29 is 0 Å². The average Bonchev–Trinajstić information content (AvgIpc) is 2.90. The third-order valence-corrected chi connectivity index (χ3v) is 3.06. The Bertz CT molecular complexity index is 232. The molecule has 15 heavy (non-hydrogen) atoms. The van der Waals surface area contributed by atoms with Gasteiger partial charge < -0.3 is 5.73 Å². The minimum absolute atomic E-state index is 0.743. The van der Waals surface area contributed by atoms with Crippen molar-refractivity contribution >= 4 is 0 Å². The third kappa shape index (κ3) is 3.83. The Morgan fingerprint density at radius 2 is 1.87 bits per heavy atom. The molecule has 0 saturated heterocycles. The highest BCUT2D eigenvalue weighted by atomic mass is 14.5. The van der Waals surface area contributed by atoms with Crippen LogP contribution < -0.4 is 5.73 Å². The quantitative estimate of drug-likeness (QED) is 0.732. The molecule has 0 unspecified atom stereocenters. The number of hydrogen-bond donors (Lipinski definition) is 1. The Labute approximate surface area is 94.4 Å². The molecule has 1 saturated carbocycles. The zero-order valence-electron chi connectivity index (χ0n) is 10.3. The lowest BCUT2D eigenvalue weighted by Gasteiger charge is -2.07. The second kappa shape index (κ2) is 6.84. The fourth-order valence-electron chi connectivity index (χ4n) is 2.29. The molecule has 0 spiro atoms. The van der Waals surface area contributed by atoms with Gasteiger partial charge in [-0.1, -0.05) is 50.8 Å². The van der Waals surface area contributed by atoms with Crippen LogP contribution in [-0.4, -0.2) is 6.54 Å². The van der Waals surface area contributed by atoms with Crippen molar-refractivity contribution in [3.05, 3.63) is 23.3 Å². The van der Waals surface area contributed by atoms with Gasteiger partial charge in [-0.3, -0.25) is 0 Å². The summed E-state index contributed by atoms with van der Waals surface area (Å²) in [4.78, 5) is 0. The second-order valence-electron chi connectivity index (χ2n) is 4.60. The van der Waals surface area contributed by atoms with E-state index in [0.29, 0.717) is 0 Å². The Balaban J connectivity index is 0.000000337. The highest BCUT2D eigenvalue weighted by Gasteiger charge is 2.20. The molecule has 2 aliphatic carbocycles. The summed E-state index contributed by atoms with van der Waals surface area (Å²) >= 11 is 0. The maximum Gasteiger partial charge on any atom is 0.0143 e. The first-order valence-electron chi connectivity index (χ1n) is 6.41. The molecule has 0 aromatic rings. The van der Waals surface area contributed by atoms with Gasteiger partial charge in [0.2, 0.25) is 0 Å². The van der Waals surface area contributed by atoms with Crippen LogP contribution in [0, 0.1) is 5.92 Å². The van der Waals surface area contributed by atoms with Crippen molar-refractivity contribution in [2.45, 2.75) is 52.4 Å². The van der Waals surface area contributed by atoms with E-state index in [1.165, 1.54) is 37.7 Å². The van der Waals surface area contributed by atoms with Gasteiger partial charge in [0, 0.05) is 6.54 Å². The summed E-state index contributed by atoms with van der Waals surface area (Å²) in [6.45, 7) is 4.99. The Morgan fingerprint density at radius 1 is 1.27 bits per heavy atom. The van der Waals surface area contributed by atoms with Gasteiger partial charge in [0.15, 0.2) is 0 Å². The summed E-state index contributed by atoms with van der Waals surface area (Å²) in [5, 5.41) is 0. The molecule has 0 radical (unpaired) electrons. The molecule has 0 aromatic heterocycles. The average molecular weight is 207 g/mol. The molecule has 1 heteroatoms. The zero-order chi connectivity index (χ0) is 11.1. The lowest BCUT2D eigenvalue weighted by Crippen LogP contribution is -2.00. The molecule has 2 rings (SSSR count). The van der Waals surface area contributed by atoms with Gasteiger partial charge in [0.1, 0.15) is 0 Å². The van der Waals surface area contributed by atoms with Crippen LogP contribution in [0.25, 0.3) is 0 Å². The molecule has 86 valence electrons. The fourth-order valence-corrected chi connectivity index (χ4v) is 2.29. The number of hydrogen-bond acceptors (Lipinski definition) is 1. The predicted octanol–water partition coefficient (Wildman–Crippen LogP) is 3.81. The van der Waals surface area contributed by atoms with Crippen molar-refractivity contribution in [2.24, 2.45) is 11.7 Å². The third-order valence-electron chi connectivity index (χ3n) is 3.06. The lowest BCUT2D eigenvalue weighted by atomic mass is 9.99. The maximum atomic E-state index is 5.59. The Kier molecular flexibility index (Phi) is 5.70. The highest BCUT2D eigenvalue weighted by molar-refractivity contribution is 5.35. The van der Waals surface area contributed by atoms with Crippen LogP contribution in [0.15, 0.2) is 23.3 Å². The van der Waals surface area contributed by atoms with Crippen LogP contribution in [-0.2, 0) is 0 Å². The van der Waals surface area contributed by atoms with E-state index < -0.39 is 0 Å². The summed E-state index contributed by atoms with van der Waals surface area (Å²) in [5.41, 5.74) is 8.58. The molecule has 0 bridgehead atoms. The van der Waals surface area contributed by atoms with Crippen molar-refractivity contribution in [3.8, 4) is 0 Å². The van der Waals surface area contributed by atoms with Crippen molar-refractivity contribution in [2.75, 3.05) is 6.54 Å². The van der Waals surface area contributed by atoms with Crippen molar-refractivity contribution in [1.29, 1.82) is 0 Å². The molecular weight excluding hydrogens is 182 g/mol.